The van der Waals surface area contributed by atoms with Gasteiger partial charge >= 0.3 is 0 Å². The van der Waals surface area contributed by atoms with Crippen molar-refractivity contribution in [1.82, 2.24) is 22.8 Å². The van der Waals surface area contributed by atoms with Crippen molar-refractivity contribution in [3.05, 3.63) is 346 Å². The summed E-state index contributed by atoms with van der Waals surface area (Å²) in [5.74, 6) is 0. The van der Waals surface area contributed by atoms with Gasteiger partial charge in [0, 0.05) is 131 Å². The van der Waals surface area contributed by atoms with Crippen molar-refractivity contribution in [3.63, 3.8) is 0 Å². The number of nitrogens with zero attached hydrogens (tertiary/aromatic N) is 5. The second-order valence-corrected chi connectivity index (χ2v) is 26.4. The standard InChI is InChI=1S/C26H17N.C18H15N.3C17H13N.15C2H6.2CH4/c1-2-9-20-17-21(15-13-18(20)7-1)27-24-12-6-5-11-23(24)26-22-10-4-3-8-19(22)14-16-25(26)27;1-2-19-17-10-6-5-9-15(17)16-11-13-7-3-4-8-14(13)12-18(16)19;1-18-16-9-5-4-8-14(16)15-10-12-6-2-3-7-13(12)11-17(15)18;1-18-16-9-5-4-8-14(16)15-11-10-12-6-2-3-7-13(12)17(15)18;1-18-15-9-5-4-8-14(15)17-13-7-3-2-6-12(13)10-11-16(17)18;15*1-2;;/h1-17H;3-12H,2H2,1H3;3*2-11H,1H3;15*1-2H3;2*1H4. The van der Waals surface area contributed by atoms with Gasteiger partial charge in [-0.3, -0.25) is 0 Å². The fourth-order valence-corrected chi connectivity index (χ4v) is 16.1. The van der Waals surface area contributed by atoms with Crippen molar-refractivity contribution in [2.45, 2.75) is 236 Å². The summed E-state index contributed by atoms with van der Waals surface area (Å²) in [6.45, 7) is 63.2. The Kier molecular flexibility index (Phi) is 57.0. The van der Waals surface area contributed by atoms with Gasteiger partial charge in [0.25, 0.3) is 0 Å². The van der Waals surface area contributed by atoms with Gasteiger partial charge in [0.15, 0.2) is 0 Å². The van der Waals surface area contributed by atoms with E-state index in [-0.39, 0.29) is 14.9 Å². The van der Waals surface area contributed by atoms with Crippen LogP contribution < -0.4 is 0 Å². The SMILES string of the molecule is C.C.CC.CC.CC.CC.CC.CC.CC.CC.CC.CC.CC.CC.CC.CC.CC.CCn1c2ccccc2c2cc3ccccc3cc21.Cn1c2ccccc2c2c3ccccc3ccc21.Cn1c2ccccc2c2cc3ccccc3cc21.Cn1c2ccccc2c2ccc3ccccc3c21.c1ccc2cc(-n3c4ccccc4c4c5ccccc5ccc43)ccc2c1. The van der Waals surface area contributed by atoms with E-state index >= 15 is 0 Å². The van der Waals surface area contributed by atoms with Crippen molar-refractivity contribution < 1.29 is 0 Å². The molecular formula is C127H169N5. The first-order chi connectivity index (χ1) is 64.3. The maximum absolute atomic E-state index is 2.40. The molecule has 132 heavy (non-hydrogen) atoms. The van der Waals surface area contributed by atoms with E-state index in [4.69, 9.17) is 0 Å². The van der Waals surface area contributed by atoms with E-state index < -0.39 is 0 Å². The van der Waals surface area contributed by atoms with Crippen LogP contribution in [-0.2, 0) is 27.7 Å². The molecule has 5 nitrogen and oxygen atoms in total. The average molecular weight is 1770 g/mol. The molecule has 702 valence electrons. The maximum atomic E-state index is 2.40. The van der Waals surface area contributed by atoms with Gasteiger partial charge in [-0.25, -0.2) is 0 Å². The molecule has 0 atom stereocenters. The van der Waals surface area contributed by atoms with Crippen LogP contribution in [0.15, 0.2) is 346 Å². The number of aromatic nitrogens is 5. The molecule has 0 aliphatic carbocycles. The zero-order valence-corrected chi connectivity index (χ0v) is 86.4. The zero-order chi connectivity index (χ0) is 97.0. The predicted octanol–water partition coefficient (Wildman–Crippen LogP) is 42.2. The number of para-hydroxylation sites is 5. The predicted molar refractivity (Wildman–Crippen MR) is 616 cm³/mol. The summed E-state index contributed by atoms with van der Waals surface area (Å²) in [6.07, 6.45) is 0. The Balaban J connectivity index is 0.000000771. The molecular weight excluding hydrogens is 1600 g/mol. The molecule has 5 heterocycles. The summed E-state index contributed by atoms with van der Waals surface area (Å²) in [4.78, 5) is 0. The molecule has 0 unspecified atom stereocenters. The lowest BCUT2D eigenvalue weighted by Gasteiger charge is -2.09. The third-order valence-corrected chi connectivity index (χ3v) is 20.9. The van der Waals surface area contributed by atoms with Crippen molar-refractivity contribution in [3.8, 4) is 5.69 Å². The highest BCUT2D eigenvalue weighted by molar-refractivity contribution is 6.23. The Bertz CT molecular complexity index is 6910. The smallest absolute Gasteiger partial charge is 0.0568 e. The highest BCUT2D eigenvalue weighted by Gasteiger charge is 2.17. The van der Waals surface area contributed by atoms with Crippen molar-refractivity contribution in [2.24, 2.45) is 21.1 Å². The Morgan fingerprint density at radius 1 is 0.167 bits per heavy atom. The summed E-state index contributed by atoms with van der Waals surface area (Å²) in [7, 11) is 6.43. The highest BCUT2D eigenvalue weighted by atomic mass is 15.0. The van der Waals surface area contributed by atoms with Crippen molar-refractivity contribution in [2.75, 3.05) is 0 Å². The van der Waals surface area contributed by atoms with Crippen LogP contribution in [0.5, 0.6) is 0 Å². The Hall–Kier alpha value is -12.7. The van der Waals surface area contributed by atoms with Gasteiger partial charge in [-0.1, -0.05) is 489 Å². The summed E-state index contributed by atoms with van der Waals surface area (Å²) in [5.41, 5.74) is 14.2. The first-order valence-corrected chi connectivity index (χ1v) is 49.7. The van der Waals surface area contributed by atoms with Crippen LogP contribution in [0.4, 0.5) is 0 Å². The monoisotopic (exact) mass is 1760 g/mol. The van der Waals surface area contributed by atoms with E-state index in [0.717, 1.165) is 6.54 Å². The molecule has 0 aliphatic heterocycles. The first kappa shape index (κ1) is 117. The lowest BCUT2D eigenvalue weighted by atomic mass is 10.0. The van der Waals surface area contributed by atoms with Gasteiger partial charge in [-0.05, 0) is 145 Å². The molecule has 5 heteroatoms. The molecule has 22 aromatic rings. The molecule has 17 aromatic carbocycles. The van der Waals surface area contributed by atoms with Gasteiger partial charge in [-0.2, -0.15) is 0 Å². The molecule has 0 amide bonds. The topological polar surface area (TPSA) is 24.6 Å². The van der Waals surface area contributed by atoms with Gasteiger partial charge in [0.2, 0.25) is 0 Å². The van der Waals surface area contributed by atoms with E-state index in [1.54, 1.807) is 0 Å². The Labute approximate surface area is 799 Å². The van der Waals surface area contributed by atoms with Gasteiger partial charge in [0.05, 0.1) is 16.6 Å². The minimum atomic E-state index is 0. The third kappa shape index (κ3) is 26.2. The zero-order valence-electron chi connectivity index (χ0n) is 86.4. The maximum Gasteiger partial charge on any atom is 0.0568 e. The van der Waals surface area contributed by atoms with Crippen LogP contribution in [0.2, 0.25) is 0 Å². The normalized spacial score (nSPS) is 9.50. The summed E-state index contributed by atoms with van der Waals surface area (Å²) in [6, 6.07) is 124. The van der Waals surface area contributed by atoms with Crippen LogP contribution in [0.1, 0.15) is 229 Å². The average Bonchev–Trinajstić information content (AvgIpc) is 1.59. The van der Waals surface area contributed by atoms with Crippen LogP contribution in [0.25, 0.3) is 179 Å². The fraction of sp³-hybridized carbons (Fsp3) is 0.291. The summed E-state index contributed by atoms with van der Waals surface area (Å²) >= 11 is 0. The molecule has 0 spiro atoms. The van der Waals surface area contributed by atoms with E-state index in [1.165, 1.54) is 179 Å². The number of aryl methyl sites for hydroxylation is 4. The Morgan fingerprint density at radius 3 is 0.871 bits per heavy atom. The van der Waals surface area contributed by atoms with Gasteiger partial charge in [0.1, 0.15) is 0 Å². The lowest BCUT2D eigenvalue weighted by Crippen LogP contribution is -1.93. The summed E-state index contributed by atoms with van der Waals surface area (Å²) < 4.78 is 11.6. The molecule has 0 saturated carbocycles. The number of hydrogen-bond donors (Lipinski definition) is 0. The minimum absolute atomic E-state index is 0. The quantitative estimate of drug-likeness (QED) is 0.165. The number of fused-ring (bicyclic) bond motifs is 24. The van der Waals surface area contributed by atoms with Crippen molar-refractivity contribution >= 4 is 174 Å². The number of hydrogen-bond acceptors (Lipinski definition) is 0. The highest BCUT2D eigenvalue weighted by Crippen LogP contribution is 2.40. The van der Waals surface area contributed by atoms with E-state index in [0.29, 0.717) is 0 Å². The molecule has 0 bridgehead atoms. The fourth-order valence-electron chi connectivity index (χ4n) is 16.1. The van der Waals surface area contributed by atoms with Crippen LogP contribution in [0.3, 0.4) is 0 Å². The lowest BCUT2D eigenvalue weighted by molar-refractivity contribution is 0.827. The third-order valence-electron chi connectivity index (χ3n) is 20.9. The molecule has 0 fully saturated rings. The largest absolute Gasteiger partial charge is 0.344 e. The van der Waals surface area contributed by atoms with E-state index in [1.807, 2.05) is 208 Å². The van der Waals surface area contributed by atoms with Crippen LogP contribution in [-0.4, -0.2) is 22.8 Å². The van der Waals surface area contributed by atoms with Gasteiger partial charge in [-0.15, -0.1) is 0 Å². The summed E-state index contributed by atoms with van der Waals surface area (Å²) in [5, 5.41) is 29.0. The van der Waals surface area contributed by atoms with Crippen molar-refractivity contribution in [1.29, 1.82) is 0 Å². The number of benzene rings is 17. The van der Waals surface area contributed by atoms with Crippen LogP contribution in [0, 0.1) is 0 Å². The molecule has 0 saturated heterocycles. The Morgan fingerprint density at radius 2 is 0.432 bits per heavy atom. The van der Waals surface area contributed by atoms with Gasteiger partial charge < -0.3 is 22.8 Å². The molecule has 0 aliphatic rings. The minimum Gasteiger partial charge on any atom is -0.344 e. The van der Waals surface area contributed by atoms with Crippen LogP contribution >= 0.6 is 0 Å². The second kappa shape index (κ2) is 64.1. The van der Waals surface area contributed by atoms with E-state index in [9.17, 15) is 0 Å². The first-order valence-electron chi connectivity index (χ1n) is 49.7. The molecule has 0 N–H and O–H groups in total. The second-order valence-electron chi connectivity index (χ2n) is 26.4. The molecule has 5 aromatic heterocycles. The number of rotatable bonds is 2. The van der Waals surface area contributed by atoms with E-state index in [2.05, 4.69) is 397 Å². The molecule has 0 radical (unpaired) electrons. The molecule has 22 rings (SSSR count).